The molecule has 34 heavy (non-hydrogen) atoms. The average Bonchev–Trinajstić information content (AvgIpc) is 2.86. The topological polar surface area (TPSA) is 76.7 Å². The van der Waals surface area contributed by atoms with Gasteiger partial charge in [-0.05, 0) is 37.1 Å². The lowest BCUT2D eigenvalue weighted by Crippen LogP contribution is -2.35. The van der Waals surface area contributed by atoms with Crippen LogP contribution in [0, 0.1) is 0 Å². The molecule has 2 amide bonds. The van der Waals surface area contributed by atoms with Crippen LogP contribution in [0.3, 0.4) is 0 Å². The second-order valence-electron chi connectivity index (χ2n) is 8.32. The molecule has 6 heteroatoms. The fourth-order valence-corrected chi connectivity index (χ4v) is 3.52. The van der Waals surface area contributed by atoms with Crippen LogP contribution < -0.4 is 20.1 Å². The van der Waals surface area contributed by atoms with Crippen molar-refractivity contribution in [3.05, 3.63) is 59.7 Å². The van der Waals surface area contributed by atoms with E-state index in [2.05, 4.69) is 24.5 Å². The van der Waals surface area contributed by atoms with Gasteiger partial charge in [0.05, 0.1) is 24.3 Å². The zero-order valence-corrected chi connectivity index (χ0v) is 20.7. The largest absolute Gasteiger partial charge is 0.493 e. The van der Waals surface area contributed by atoms with Crippen molar-refractivity contribution < 1.29 is 19.1 Å². The Morgan fingerprint density at radius 1 is 0.618 bits per heavy atom. The normalized spacial score (nSPS) is 10.5. The molecule has 186 valence electrons. The molecule has 0 aliphatic carbocycles. The summed E-state index contributed by atoms with van der Waals surface area (Å²) in [7, 11) is 0. The number of carbonyl (C=O) groups excluding carboxylic acids is 2. The second kappa shape index (κ2) is 16.6. The molecule has 2 aromatic carbocycles. The van der Waals surface area contributed by atoms with E-state index < -0.39 is 0 Å². The summed E-state index contributed by atoms with van der Waals surface area (Å²) >= 11 is 0. The highest BCUT2D eigenvalue weighted by atomic mass is 16.5. The number of rotatable bonds is 17. The summed E-state index contributed by atoms with van der Waals surface area (Å²) in [5.74, 6) is 0.750. The number of ether oxygens (including phenoxy) is 2. The van der Waals surface area contributed by atoms with Crippen molar-refractivity contribution >= 4 is 11.8 Å². The molecule has 0 bridgehead atoms. The number of benzene rings is 2. The van der Waals surface area contributed by atoms with Gasteiger partial charge in [-0.15, -0.1) is 0 Å². The highest BCUT2D eigenvalue weighted by Gasteiger charge is 2.14. The molecule has 0 aromatic heterocycles. The number of amides is 2. The van der Waals surface area contributed by atoms with Crippen LogP contribution in [0.1, 0.15) is 85.9 Å². The van der Waals surface area contributed by atoms with Crippen molar-refractivity contribution in [2.75, 3.05) is 26.3 Å². The van der Waals surface area contributed by atoms with Crippen LogP contribution in [-0.4, -0.2) is 38.1 Å². The predicted octanol–water partition coefficient (Wildman–Crippen LogP) is 5.76. The van der Waals surface area contributed by atoms with Crippen LogP contribution >= 0.6 is 0 Å². The number of unbranched alkanes of at least 4 members (excludes halogenated alkanes) is 6. The van der Waals surface area contributed by atoms with Gasteiger partial charge in [-0.25, -0.2) is 0 Å². The van der Waals surface area contributed by atoms with Crippen molar-refractivity contribution in [2.24, 2.45) is 0 Å². The zero-order valence-electron chi connectivity index (χ0n) is 20.7. The first-order valence-electron chi connectivity index (χ1n) is 12.7. The van der Waals surface area contributed by atoms with Gasteiger partial charge >= 0.3 is 0 Å². The third kappa shape index (κ3) is 9.86. The van der Waals surface area contributed by atoms with Crippen LogP contribution in [0.15, 0.2) is 48.5 Å². The number of nitrogens with one attached hydrogen (secondary N) is 2. The highest BCUT2D eigenvalue weighted by molar-refractivity contribution is 5.98. The smallest absolute Gasteiger partial charge is 0.255 e. The first kappa shape index (κ1) is 27.2. The molecule has 0 atom stereocenters. The minimum absolute atomic E-state index is 0.214. The van der Waals surface area contributed by atoms with Crippen LogP contribution in [0.5, 0.6) is 11.5 Å². The van der Waals surface area contributed by atoms with E-state index in [1.807, 2.05) is 36.4 Å². The highest BCUT2D eigenvalue weighted by Crippen LogP contribution is 2.19. The lowest BCUT2D eigenvalue weighted by molar-refractivity contribution is 0.0923. The van der Waals surface area contributed by atoms with E-state index in [9.17, 15) is 9.59 Å². The number of para-hydroxylation sites is 2. The predicted molar refractivity (Wildman–Crippen MR) is 137 cm³/mol. The summed E-state index contributed by atoms with van der Waals surface area (Å²) in [6.45, 7) is 6.17. The quantitative estimate of drug-likeness (QED) is 0.289. The molecule has 0 spiro atoms. The van der Waals surface area contributed by atoms with E-state index in [0.717, 1.165) is 25.7 Å². The molecule has 0 saturated carbocycles. The van der Waals surface area contributed by atoms with Gasteiger partial charge in [-0.2, -0.15) is 0 Å². The van der Waals surface area contributed by atoms with E-state index in [-0.39, 0.29) is 11.8 Å². The Hall–Kier alpha value is -3.02. The van der Waals surface area contributed by atoms with Crippen LogP contribution in [0.25, 0.3) is 0 Å². The Balaban J connectivity index is 1.77. The Kier molecular flexibility index (Phi) is 13.3. The molecule has 0 unspecified atom stereocenters. The molecular formula is C28H40N2O4. The van der Waals surface area contributed by atoms with E-state index in [1.54, 1.807) is 12.1 Å². The standard InChI is InChI=1S/C28H40N2O4/c1-3-5-7-13-21-33-25-17-11-9-15-23(25)27(31)29-19-20-30-28(32)24-16-10-12-18-26(24)34-22-14-8-6-4-2/h9-12,15-18H,3-8,13-14,19-22H2,1-2H3,(H,29,31)(H,30,32). The first-order valence-corrected chi connectivity index (χ1v) is 12.7. The molecule has 2 aromatic rings. The third-order valence-corrected chi connectivity index (χ3v) is 5.47. The lowest BCUT2D eigenvalue weighted by atomic mass is 10.1. The summed E-state index contributed by atoms with van der Waals surface area (Å²) in [6.07, 6.45) is 8.91. The monoisotopic (exact) mass is 468 g/mol. The number of hydrogen-bond donors (Lipinski definition) is 2. The summed E-state index contributed by atoms with van der Waals surface area (Å²) in [5.41, 5.74) is 1.01. The van der Waals surface area contributed by atoms with Gasteiger partial charge in [0.1, 0.15) is 11.5 Å². The number of carbonyl (C=O) groups is 2. The fourth-order valence-electron chi connectivity index (χ4n) is 3.52. The fraction of sp³-hybridized carbons (Fsp3) is 0.500. The van der Waals surface area contributed by atoms with Crippen LogP contribution in [0.4, 0.5) is 0 Å². The van der Waals surface area contributed by atoms with Gasteiger partial charge in [-0.3, -0.25) is 9.59 Å². The Morgan fingerprint density at radius 3 is 1.44 bits per heavy atom. The van der Waals surface area contributed by atoms with Gasteiger partial charge in [0.15, 0.2) is 0 Å². The summed E-state index contributed by atoms with van der Waals surface area (Å²) in [6, 6.07) is 14.5. The van der Waals surface area contributed by atoms with Gasteiger partial charge in [-0.1, -0.05) is 76.6 Å². The molecule has 0 aliphatic rings. The number of hydrogen-bond acceptors (Lipinski definition) is 4. The Morgan fingerprint density at radius 2 is 1.03 bits per heavy atom. The van der Waals surface area contributed by atoms with Crippen molar-refractivity contribution in [1.82, 2.24) is 10.6 Å². The second-order valence-corrected chi connectivity index (χ2v) is 8.32. The van der Waals surface area contributed by atoms with Gasteiger partial charge < -0.3 is 20.1 Å². The van der Waals surface area contributed by atoms with E-state index in [4.69, 9.17) is 9.47 Å². The van der Waals surface area contributed by atoms with Crippen LogP contribution in [0.2, 0.25) is 0 Å². The molecule has 0 fully saturated rings. The summed E-state index contributed by atoms with van der Waals surface area (Å²) < 4.78 is 11.7. The molecule has 0 heterocycles. The van der Waals surface area contributed by atoms with E-state index in [0.29, 0.717) is 48.9 Å². The van der Waals surface area contributed by atoms with Crippen molar-refractivity contribution in [3.8, 4) is 11.5 Å². The molecule has 6 nitrogen and oxygen atoms in total. The molecule has 2 rings (SSSR count). The van der Waals surface area contributed by atoms with Gasteiger partial charge in [0.2, 0.25) is 0 Å². The SMILES string of the molecule is CCCCCCOc1ccccc1C(=O)NCCNC(=O)c1ccccc1OCCCCCC. The maximum Gasteiger partial charge on any atom is 0.255 e. The van der Waals surface area contributed by atoms with E-state index in [1.165, 1.54) is 25.7 Å². The molecule has 0 radical (unpaired) electrons. The first-order chi connectivity index (χ1) is 16.7. The van der Waals surface area contributed by atoms with Crippen molar-refractivity contribution in [3.63, 3.8) is 0 Å². The zero-order chi connectivity index (χ0) is 24.4. The third-order valence-electron chi connectivity index (χ3n) is 5.47. The maximum absolute atomic E-state index is 12.6. The average molecular weight is 469 g/mol. The minimum Gasteiger partial charge on any atom is -0.493 e. The van der Waals surface area contributed by atoms with Crippen LogP contribution in [-0.2, 0) is 0 Å². The van der Waals surface area contributed by atoms with Gasteiger partial charge in [0.25, 0.3) is 11.8 Å². The van der Waals surface area contributed by atoms with Gasteiger partial charge in [0, 0.05) is 13.1 Å². The molecule has 0 saturated heterocycles. The Labute approximate surface area is 204 Å². The summed E-state index contributed by atoms with van der Waals surface area (Å²) in [5, 5.41) is 5.72. The molecule has 2 N–H and O–H groups in total. The van der Waals surface area contributed by atoms with Crippen molar-refractivity contribution in [2.45, 2.75) is 65.2 Å². The minimum atomic E-state index is -0.214. The summed E-state index contributed by atoms with van der Waals surface area (Å²) in [4.78, 5) is 25.3. The van der Waals surface area contributed by atoms with E-state index >= 15 is 0 Å². The molecule has 0 aliphatic heterocycles. The maximum atomic E-state index is 12.6. The van der Waals surface area contributed by atoms with Crippen molar-refractivity contribution in [1.29, 1.82) is 0 Å². The Bertz CT molecular complexity index is 797. The lowest BCUT2D eigenvalue weighted by Gasteiger charge is -2.13. The molecular weight excluding hydrogens is 428 g/mol.